The Hall–Kier alpha value is -0.370. The second kappa shape index (κ2) is 2.07. The molecule has 0 aliphatic heterocycles. The van der Waals surface area contributed by atoms with E-state index in [2.05, 4.69) is 11.7 Å². The van der Waals surface area contributed by atoms with E-state index in [1.807, 2.05) is 13.8 Å². The van der Waals surface area contributed by atoms with E-state index in [4.69, 9.17) is 4.74 Å². The third-order valence-electron chi connectivity index (χ3n) is 0.880. The highest BCUT2D eigenvalue weighted by Crippen LogP contribution is 2.05. The van der Waals surface area contributed by atoms with Crippen LogP contribution in [0.25, 0.3) is 0 Å². The summed E-state index contributed by atoms with van der Waals surface area (Å²) in [6.07, 6.45) is 0. The monoisotopic (exact) mass is 101 g/mol. The lowest BCUT2D eigenvalue weighted by atomic mass is 10.3. The fourth-order valence-corrected chi connectivity index (χ4v) is 0.0645. The van der Waals surface area contributed by atoms with Crippen LogP contribution < -0.4 is 0 Å². The Morgan fingerprint density at radius 2 is 2.00 bits per heavy atom. The normalized spacial score (nSPS) is 11.3. The quantitative estimate of drug-likeness (QED) is 0.477. The minimum atomic E-state index is -0.403. The molecule has 0 atom stereocenters. The van der Waals surface area contributed by atoms with E-state index >= 15 is 0 Å². The molecular formula is C5H11NO. The topological polar surface area (TPSA) is 21.6 Å². The third kappa shape index (κ3) is 2.34. The number of hydrogen-bond donors (Lipinski definition) is 0. The average Bonchev–Trinajstić information content (AvgIpc) is 1.68. The second-order valence-electron chi connectivity index (χ2n) is 1.81. The zero-order chi connectivity index (χ0) is 5.91. The van der Waals surface area contributed by atoms with Crippen molar-refractivity contribution in [3.05, 3.63) is 0 Å². The molecule has 0 aromatic heterocycles. The first-order valence-electron chi connectivity index (χ1n) is 2.15. The van der Waals surface area contributed by atoms with Gasteiger partial charge in [-0.05, 0) is 20.6 Å². The van der Waals surface area contributed by atoms with Crippen LogP contribution in [0.4, 0.5) is 0 Å². The molecule has 0 saturated carbocycles. The summed E-state index contributed by atoms with van der Waals surface area (Å²) >= 11 is 0. The molecule has 2 nitrogen and oxygen atoms in total. The minimum Gasteiger partial charge on any atom is -0.358 e. The number of hydrogen-bond acceptors (Lipinski definition) is 2. The molecule has 0 aliphatic rings. The lowest BCUT2D eigenvalue weighted by molar-refractivity contribution is 0.0319. The molecule has 0 spiro atoms. The van der Waals surface area contributed by atoms with Gasteiger partial charge >= 0.3 is 0 Å². The molecule has 0 N–H and O–H groups in total. The fourth-order valence-electron chi connectivity index (χ4n) is 0.0645. The predicted molar refractivity (Wildman–Crippen MR) is 30.6 cm³/mol. The molecule has 0 bridgehead atoms. The van der Waals surface area contributed by atoms with Gasteiger partial charge in [0.05, 0.1) is 0 Å². The number of ether oxygens (including phenoxy) is 1. The number of methoxy groups -OCH3 is 1. The van der Waals surface area contributed by atoms with Crippen molar-refractivity contribution in [2.45, 2.75) is 19.6 Å². The van der Waals surface area contributed by atoms with Gasteiger partial charge in [0, 0.05) is 7.11 Å². The van der Waals surface area contributed by atoms with E-state index in [9.17, 15) is 0 Å². The van der Waals surface area contributed by atoms with Crippen LogP contribution in [0.15, 0.2) is 4.99 Å². The number of aliphatic imine (C=N–C) groups is 1. The molecular weight excluding hydrogens is 90.1 g/mol. The van der Waals surface area contributed by atoms with Crippen molar-refractivity contribution in [1.29, 1.82) is 0 Å². The van der Waals surface area contributed by atoms with Gasteiger partial charge in [-0.2, -0.15) is 0 Å². The van der Waals surface area contributed by atoms with E-state index in [-0.39, 0.29) is 0 Å². The van der Waals surface area contributed by atoms with Crippen LogP contribution in [0.3, 0.4) is 0 Å². The van der Waals surface area contributed by atoms with Crippen molar-refractivity contribution in [3.63, 3.8) is 0 Å². The smallest absolute Gasteiger partial charge is 0.152 e. The van der Waals surface area contributed by atoms with Crippen LogP contribution in [0, 0.1) is 0 Å². The summed E-state index contributed by atoms with van der Waals surface area (Å²) in [7, 11) is 1.61. The summed E-state index contributed by atoms with van der Waals surface area (Å²) in [6.45, 7) is 7.02. The van der Waals surface area contributed by atoms with Gasteiger partial charge < -0.3 is 4.74 Å². The molecule has 0 aromatic rings. The van der Waals surface area contributed by atoms with Gasteiger partial charge in [0.1, 0.15) is 0 Å². The largest absolute Gasteiger partial charge is 0.358 e. The highest BCUT2D eigenvalue weighted by atomic mass is 16.5. The highest BCUT2D eigenvalue weighted by molar-refractivity contribution is 5.24. The Morgan fingerprint density at radius 3 is 2.00 bits per heavy atom. The van der Waals surface area contributed by atoms with Crippen molar-refractivity contribution < 1.29 is 4.74 Å². The lowest BCUT2D eigenvalue weighted by Gasteiger charge is -2.14. The predicted octanol–water partition coefficient (Wildman–Crippen LogP) is 1.07. The molecule has 0 aliphatic carbocycles. The minimum absolute atomic E-state index is 0.403. The Kier molecular flexibility index (Phi) is 1.96. The molecule has 42 valence electrons. The Labute approximate surface area is 44.2 Å². The van der Waals surface area contributed by atoms with E-state index in [1.54, 1.807) is 7.11 Å². The summed E-state index contributed by atoms with van der Waals surface area (Å²) < 4.78 is 4.86. The fraction of sp³-hybridized carbons (Fsp3) is 0.800. The molecule has 0 aromatic carbocycles. The van der Waals surface area contributed by atoms with Crippen LogP contribution in [0.5, 0.6) is 0 Å². The molecule has 0 heterocycles. The summed E-state index contributed by atoms with van der Waals surface area (Å²) in [6, 6.07) is 0. The van der Waals surface area contributed by atoms with Crippen molar-refractivity contribution in [1.82, 2.24) is 0 Å². The summed E-state index contributed by atoms with van der Waals surface area (Å²) in [4.78, 5) is 3.67. The zero-order valence-corrected chi connectivity index (χ0v) is 5.06. The SMILES string of the molecule is C=NC(C)(C)OC. The van der Waals surface area contributed by atoms with E-state index in [0.29, 0.717) is 0 Å². The molecule has 7 heavy (non-hydrogen) atoms. The first-order valence-corrected chi connectivity index (χ1v) is 2.15. The maximum absolute atomic E-state index is 4.86. The van der Waals surface area contributed by atoms with E-state index in [0.717, 1.165) is 0 Å². The van der Waals surface area contributed by atoms with Crippen molar-refractivity contribution >= 4 is 6.72 Å². The van der Waals surface area contributed by atoms with Gasteiger partial charge in [0.15, 0.2) is 5.72 Å². The van der Waals surface area contributed by atoms with Crippen LogP contribution >= 0.6 is 0 Å². The lowest BCUT2D eigenvalue weighted by Crippen LogP contribution is -2.17. The third-order valence-corrected chi connectivity index (χ3v) is 0.880. The Morgan fingerprint density at radius 1 is 1.57 bits per heavy atom. The van der Waals surface area contributed by atoms with Gasteiger partial charge in [-0.25, -0.2) is 0 Å². The Balaban J connectivity index is 3.58. The van der Waals surface area contributed by atoms with E-state index in [1.165, 1.54) is 0 Å². The first kappa shape index (κ1) is 6.63. The zero-order valence-electron chi connectivity index (χ0n) is 5.06. The van der Waals surface area contributed by atoms with Crippen molar-refractivity contribution in [3.8, 4) is 0 Å². The van der Waals surface area contributed by atoms with Gasteiger partial charge in [0.2, 0.25) is 0 Å². The average molecular weight is 101 g/mol. The van der Waals surface area contributed by atoms with Crippen LogP contribution in [-0.2, 0) is 4.74 Å². The highest BCUT2D eigenvalue weighted by Gasteiger charge is 2.09. The van der Waals surface area contributed by atoms with Gasteiger partial charge in [-0.1, -0.05) is 0 Å². The summed E-state index contributed by atoms with van der Waals surface area (Å²) in [5.41, 5.74) is -0.403. The molecule has 0 amide bonds. The Bertz CT molecular complexity index is 68.5. The molecule has 0 radical (unpaired) electrons. The standard InChI is InChI=1S/C5H11NO/c1-5(2,6-3)7-4/h3H2,1-2,4H3. The molecule has 0 rings (SSSR count). The number of nitrogens with zero attached hydrogens (tertiary/aromatic N) is 1. The van der Waals surface area contributed by atoms with Gasteiger partial charge in [-0.3, -0.25) is 4.99 Å². The molecule has 0 saturated heterocycles. The summed E-state index contributed by atoms with van der Waals surface area (Å²) in [5, 5.41) is 0. The van der Waals surface area contributed by atoms with Gasteiger partial charge in [0.25, 0.3) is 0 Å². The van der Waals surface area contributed by atoms with Crippen LogP contribution in [0.1, 0.15) is 13.8 Å². The maximum atomic E-state index is 4.86. The number of rotatable bonds is 2. The van der Waals surface area contributed by atoms with Crippen molar-refractivity contribution in [2.24, 2.45) is 4.99 Å². The van der Waals surface area contributed by atoms with E-state index < -0.39 is 5.72 Å². The molecule has 2 heteroatoms. The molecule has 0 unspecified atom stereocenters. The van der Waals surface area contributed by atoms with Crippen LogP contribution in [-0.4, -0.2) is 19.6 Å². The molecule has 0 fully saturated rings. The maximum Gasteiger partial charge on any atom is 0.152 e. The van der Waals surface area contributed by atoms with Crippen molar-refractivity contribution in [2.75, 3.05) is 7.11 Å². The first-order chi connectivity index (χ1) is 3.12. The second-order valence-corrected chi connectivity index (χ2v) is 1.81. The summed E-state index contributed by atoms with van der Waals surface area (Å²) in [5.74, 6) is 0. The van der Waals surface area contributed by atoms with Gasteiger partial charge in [-0.15, -0.1) is 0 Å². The van der Waals surface area contributed by atoms with Crippen LogP contribution in [0.2, 0.25) is 0 Å².